The Bertz CT molecular complexity index is 1150. The van der Waals surface area contributed by atoms with Crippen LogP contribution in [-0.2, 0) is 14.3 Å². The van der Waals surface area contributed by atoms with E-state index in [4.69, 9.17) is 26.8 Å². The summed E-state index contributed by atoms with van der Waals surface area (Å²) in [6, 6.07) is 4.23. The minimum absolute atomic E-state index is 0.0470. The Morgan fingerprint density at radius 3 is 2.72 bits per heavy atom. The second-order valence-electron chi connectivity index (χ2n) is 8.35. The summed E-state index contributed by atoms with van der Waals surface area (Å²) in [6.45, 7) is 9.50. The van der Waals surface area contributed by atoms with Gasteiger partial charge in [-0.2, -0.15) is 0 Å². The van der Waals surface area contributed by atoms with Gasteiger partial charge < -0.3 is 25.6 Å². The summed E-state index contributed by atoms with van der Waals surface area (Å²) >= 11 is 5.94. The fraction of sp³-hybridized carbons (Fsp3) is 0.333. The number of carbonyl (C=O) groups is 1. The Kier molecular flexibility index (Phi) is 10.6. The van der Waals surface area contributed by atoms with Crippen LogP contribution in [0.2, 0.25) is 5.02 Å². The van der Waals surface area contributed by atoms with Crippen molar-refractivity contribution in [1.29, 1.82) is 0 Å². The van der Waals surface area contributed by atoms with Crippen LogP contribution in [0.1, 0.15) is 32.8 Å². The fourth-order valence-corrected chi connectivity index (χ4v) is 3.57. The van der Waals surface area contributed by atoms with Crippen LogP contribution in [0.15, 0.2) is 82.4 Å². The molecule has 0 radical (unpaired) electrons. The predicted molar refractivity (Wildman–Crippen MR) is 141 cm³/mol. The SMILES string of the molecule is C=C(C)C(=NC(=CC)C(C)(O)CNC(=O)C1=CC(OC)=C(OCCN)C=CC1)c1ccc(F)c(Cl)c1. The molecule has 0 saturated heterocycles. The van der Waals surface area contributed by atoms with Crippen molar-refractivity contribution in [3.05, 3.63) is 93.8 Å². The molecule has 1 atom stereocenters. The lowest BCUT2D eigenvalue weighted by Gasteiger charge is -2.25. The van der Waals surface area contributed by atoms with Crippen LogP contribution in [0.3, 0.4) is 0 Å². The molecule has 1 aliphatic carbocycles. The van der Waals surface area contributed by atoms with E-state index in [1.165, 1.54) is 25.3 Å². The summed E-state index contributed by atoms with van der Waals surface area (Å²) in [5.41, 5.74) is 6.29. The molecule has 0 spiro atoms. The predicted octanol–water partition coefficient (Wildman–Crippen LogP) is 4.33. The molecule has 1 aromatic rings. The third-order valence-corrected chi connectivity index (χ3v) is 5.58. The van der Waals surface area contributed by atoms with Crippen molar-refractivity contribution in [3.63, 3.8) is 0 Å². The minimum Gasteiger partial charge on any atom is -0.493 e. The Balaban J connectivity index is 2.24. The Morgan fingerprint density at radius 2 is 2.14 bits per heavy atom. The molecule has 1 aliphatic rings. The monoisotopic (exact) mass is 517 g/mol. The first-order chi connectivity index (χ1) is 17.0. The average Bonchev–Trinajstić information content (AvgIpc) is 3.05. The maximum atomic E-state index is 13.6. The first kappa shape index (κ1) is 29.0. The quantitative estimate of drug-likeness (QED) is 0.379. The van der Waals surface area contributed by atoms with Crippen molar-refractivity contribution in [1.82, 2.24) is 5.32 Å². The highest BCUT2D eigenvalue weighted by Crippen LogP contribution is 2.24. The summed E-state index contributed by atoms with van der Waals surface area (Å²) in [6.07, 6.45) is 7.10. The van der Waals surface area contributed by atoms with E-state index in [1.54, 1.807) is 45.1 Å². The van der Waals surface area contributed by atoms with Crippen LogP contribution < -0.4 is 11.1 Å². The lowest BCUT2D eigenvalue weighted by Crippen LogP contribution is -2.42. The van der Waals surface area contributed by atoms with Crippen molar-refractivity contribution in [3.8, 4) is 0 Å². The van der Waals surface area contributed by atoms with Gasteiger partial charge in [0.05, 0.1) is 30.1 Å². The molecule has 0 heterocycles. The second kappa shape index (κ2) is 13.2. The van der Waals surface area contributed by atoms with Crippen LogP contribution in [0.25, 0.3) is 0 Å². The molecule has 7 nitrogen and oxygen atoms in total. The number of methoxy groups -OCH3 is 1. The Labute approximate surface area is 216 Å². The number of nitrogens with one attached hydrogen (secondary N) is 1. The average molecular weight is 518 g/mol. The number of benzene rings is 1. The molecule has 0 aromatic heterocycles. The van der Waals surface area contributed by atoms with Gasteiger partial charge in [-0.15, -0.1) is 0 Å². The third kappa shape index (κ3) is 7.65. The molecule has 4 N–H and O–H groups in total. The fourth-order valence-electron chi connectivity index (χ4n) is 3.39. The van der Waals surface area contributed by atoms with Crippen LogP contribution in [0.5, 0.6) is 0 Å². The number of amides is 1. The van der Waals surface area contributed by atoms with Crippen molar-refractivity contribution < 1.29 is 23.8 Å². The molecule has 9 heteroatoms. The van der Waals surface area contributed by atoms with E-state index in [9.17, 15) is 14.3 Å². The molecule has 1 amide bonds. The highest BCUT2D eigenvalue weighted by atomic mass is 35.5. The maximum Gasteiger partial charge on any atom is 0.247 e. The smallest absolute Gasteiger partial charge is 0.247 e. The number of halogens is 2. The van der Waals surface area contributed by atoms with E-state index in [0.717, 1.165) is 0 Å². The van der Waals surface area contributed by atoms with Crippen molar-refractivity contribution in [2.45, 2.75) is 32.8 Å². The molecule has 194 valence electrons. The minimum atomic E-state index is -1.52. The first-order valence-electron chi connectivity index (χ1n) is 11.4. The number of allylic oxidation sites excluding steroid dienone is 5. The van der Waals surface area contributed by atoms with Gasteiger partial charge in [0, 0.05) is 17.7 Å². The standard InChI is InChI=1S/C27H33ClFN3O4/c1-6-24(32-25(17(2)3)18-10-11-21(29)20(28)14-18)27(4,34)16-31-26(33)19-8-7-9-22(36-13-12-30)23(15-19)35-5/h6-7,9-11,14-15,34H,2,8,12-13,16,30H2,1,3-5H3,(H,31,33). The number of hydrogen-bond donors (Lipinski definition) is 3. The van der Waals surface area contributed by atoms with E-state index in [0.29, 0.717) is 59.2 Å². The van der Waals surface area contributed by atoms with Gasteiger partial charge in [-0.25, -0.2) is 9.38 Å². The molecule has 0 bridgehead atoms. The summed E-state index contributed by atoms with van der Waals surface area (Å²) in [4.78, 5) is 17.5. The molecule has 0 aliphatic heterocycles. The largest absolute Gasteiger partial charge is 0.493 e. The van der Waals surface area contributed by atoms with E-state index in [2.05, 4.69) is 16.9 Å². The number of nitrogens with two attached hydrogens (primary N) is 1. The van der Waals surface area contributed by atoms with Crippen LogP contribution in [0.4, 0.5) is 4.39 Å². The van der Waals surface area contributed by atoms with E-state index in [-0.39, 0.29) is 17.5 Å². The van der Waals surface area contributed by atoms with Crippen molar-refractivity contribution in [2.24, 2.45) is 10.7 Å². The number of carbonyl (C=O) groups excluding carboxylic acids is 1. The summed E-state index contributed by atoms with van der Waals surface area (Å²) in [5.74, 6) is -0.0394. The second-order valence-corrected chi connectivity index (χ2v) is 8.75. The Morgan fingerprint density at radius 1 is 1.42 bits per heavy atom. The Hall–Kier alpha value is -3.20. The molecule has 0 fully saturated rings. The van der Waals surface area contributed by atoms with Gasteiger partial charge in [-0.3, -0.25) is 4.79 Å². The van der Waals surface area contributed by atoms with Crippen LogP contribution in [-0.4, -0.2) is 49.1 Å². The number of ether oxygens (including phenoxy) is 2. The number of nitrogens with zero attached hydrogens (tertiary/aromatic N) is 1. The molecule has 1 aromatic carbocycles. The summed E-state index contributed by atoms with van der Waals surface area (Å²) in [7, 11) is 1.49. The molecule has 36 heavy (non-hydrogen) atoms. The van der Waals surface area contributed by atoms with Gasteiger partial charge in [0.2, 0.25) is 5.91 Å². The van der Waals surface area contributed by atoms with Crippen LogP contribution >= 0.6 is 11.6 Å². The number of rotatable bonds is 11. The molecular formula is C27H33ClFN3O4. The molecule has 0 saturated carbocycles. The first-order valence-corrected chi connectivity index (χ1v) is 11.8. The molecule has 2 rings (SSSR count). The van der Waals surface area contributed by atoms with E-state index in [1.807, 2.05) is 0 Å². The van der Waals surface area contributed by atoms with E-state index >= 15 is 0 Å². The maximum absolute atomic E-state index is 13.6. The third-order valence-electron chi connectivity index (χ3n) is 5.29. The topological polar surface area (TPSA) is 106 Å². The van der Waals surface area contributed by atoms with E-state index < -0.39 is 11.4 Å². The van der Waals surface area contributed by atoms with Gasteiger partial charge >= 0.3 is 0 Å². The van der Waals surface area contributed by atoms with Crippen LogP contribution in [0, 0.1) is 5.82 Å². The zero-order valence-corrected chi connectivity index (χ0v) is 21.8. The number of aliphatic imine (C=N–C) groups is 1. The van der Waals surface area contributed by atoms with Gasteiger partial charge in [-0.1, -0.05) is 30.3 Å². The lowest BCUT2D eigenvalue weighted by atomic mass is 9.99. The van der Waals surface area contributed by atoms with Gasteiger partial charge in [0.15, 0.2) is 11.5 Å². The van der Waals surface area contributed by atoms with Gasteiger partial charge in [0.25, 0.3) is 0 Å². The van der Waals surface area contributed by atoms with Crippen molar-refractivity contribution >= 4 is 23.2 Å². The van der Waals surface area contributed by atoms with Gasteiger partial charge in [0.1, 0.15) is 18.0 Å². The number of aliphatic hydroxyl groups is 1. The molecular weight excluding hydrogens is 485 g/mol. The number of hydrogen-bond acceptors (Lipinski definition) is 6. The summed E-state index contributed by atoms with van der Waals surface area (Å²) < 4.78 is 24.6. The highest BCUT2D eigenvalue weighted by molar-refractivity contribution is 6.31. The zero-order chi connectivity index (χ0) is 26.9. The summed E-state index contributed by atoms with van der Waals surface area (Å²) in [5, 5.41) is 13.9. The lowest BCUT2D eigenvalue weighted by molar-refractivity contribution is -0.118. The normalized spacial score (nSPS) is 16.2. The molecule has 1 unspecified atom stereocenters. The highest BCUT2D eigenvalue weighted by Gasteiger charge is 2.28. The van der Waals surface area contributed by atoms with Gasteiger partial charge in [-0.05, 0) is 63.1 Å². The zero-order valence-electron chi connectivity index (χ0n) is 21.0. The van der Waals surface area contributed by atoms with Crippen molar-refractivity contribution in [2.75, 3.05) is 26.8 Å².